The molecule has 0 aromatic carbocycles. The molecule has 3 nitrogen and oxygen atoms in total. The van der Waals surface area contributed by atoms with Crippen molar-refractivity contribution < 1.29 is 9.16 Å². The van der Waals surface area contributed by atoms with Gasteiger partial charge in [-0.15, -0.1) is 0 Å². The molecule has 0 aliphatic carbocycles. The lowest BCUT2D eigenvalue weighted by molar-refractivity contribution is -0.423. The number of rotatable bonds is 0. The van der Waals surface area contributed by atoms with Gasteiger partial charge in [0, 0.05) is 13.8 Å². The van der Waals surface area contributed by atoms with E-state index in [2.05, 4.69) is 4.42 Å². The van der Waals surface area contributed by atoms with E-state index >= 15 is 0 Å². The van der Waals surface area contributed by atoms with Gasteiger partial charge in [-0.2, -0.15) is 11.8 Å². The monoisotopic (exact) mass is 247 g/mol. The van der Waals surface area contributed by atoms with Gasteiger partial charge in [-0.1, -0.05) is 13.8 Å². The highest BCUT2D eigenvalue weighted by Crippen LogP contribution is 1.79. The molecule has 1 aromatic rings. The highest BCUT2D eigenvalue weighted by atomic mass is 32.2. The summed E-state index contributed by atoms with van der Waals surface area (Å²) < 4.78 is 5.42. The molecule has 96 valence electrons. The summed E-state index contributed by atoms with van der Waals surface area (Å²) in [5.74, 6) is 0. The molecule has 0 aliphatic rings. The quantitative estimate of drug-likeness (QED) is 0.302. The zero-order valence-electron chi connectivity index (χ0n) is 11.5. The van der Waals surface area contributed by atoms with Crippen LogP contribution in [0.4, 0.5) is 0 Å². The Hall–Kier alpha value is -0.900. The minimum Gasteiger partial charge on any atom is -0.624 e. The molecule has 0 unspecified atom stereocenters. The van der Waals surface area contributed by atoms with E-state index < -0.39 is 0 Å². The van der Waals surface area contributed by atoms with Gasteiger partial charge in [0.1, 0.15) is 7.05 Å². The lowest BCUT2D eigenvalue weighted by Crippen LogP contribution is -2.01. The minimum absolute atomic E-state index is 0.787. The van der Waals surface area contributed by atoms with Crippen LogP contribution >= 0.6 is 11.8 Å². The summed E-state index contributed by atoms with van der Waals surface area (Å²) in [6, 6.07) is 3.67. The Labute approximate surface area is 104 Å². The summed E-state index contributed by atoms with van der Waals surface area (Å²) in [5.41, 5.74) is 0.787. The van der Waals surface area contributed by atoms with Gasteiger partial charge < -0.3 is 9.62 Å². The van der Waals surface area contributed by atoms with E-state index in [0.29, 0.717) is 0 Å². The van der Waals surface area contributed by atoms with Gasteiger partial charge in [-0.25, -0.2) is 4.74 Å². The van der Waals surface area contributed by atoms with Crippen LogP contribution in [-0.2, 0) is 0 Å². The second-order valence-corrected chi connectivity index (χ2v) is 3.46. The summed E-state index contributed by atoms with van der Waals surface area (Å²) in [6.45, 7) is 7.54. The van der Waals surface area contributed by atoms with Crippen molar-refractivity contribution in [3.05, 3.63) is 29.9 Å². The van der Waals surface area contributed by atoms with E-state index in [9.17, 15) is 5.21 Å². The molecule has 1 rings (SSSR count). The number of thioether (sulfide) groups is 1. The Bertz CT molecular complexity index is 186. The van der Waals surface area contributed by atoms with Crippen LogP contribution < -0.4 is 0 Å². The molecular formula is C12H25NO2S. The first-order valence-electron chi connectivity index (χ1n) is 5.14. The Kier molecular flexibility index (Phi) is 25.2. The molecule has 4 heteroatoms. The van der Waals surface area contributed by atoms with Crippen molar-refractivity contribution in [2.24, 2.45) is 0 Å². The largest absolute Gasteiger partial charge is 0.624 e. The molecule has 0 saturated carbocycles. The van der Waals surface area contributed by atoms with Crippen LogP contribution in [-0.4, -0.2) is 30.0 Å². The predicted octanol–water partition coefficient (Wildman–Crippen LogP) is 3.89. The molecule has 0 spiro atoms. The number of nitrogens with zero attached hydrogens (tertiary/aromatic N) is 1. The van der Waals surface area contributed by atoms with Gasteiger partial charge in [0.2, 0.25) is 0 Å². The van der Waals surface area contributed by atoms with Crippen molar-refractivity contribution >= 4 is 17.5 Å². The molecule has 0 aliphatic heterocycles. The number of furan rings is 1. The molecule has 0 radical (unpaired) electrons. The highest BCUT2D eigenvalue weighted by molar-refractivity contribution is 7.97. The predicted molar refractivity (Wildman–Crippen MR) is 75.4 cm³/mol. The van der Waals surface area contributed by atoms with E-state index in [4.69, 9.17) is 0 Å². The fraction of sp³-hybridized carbons (Fsp3) is 0.583. The summed E-state index contributed by atoms with van der Waals surface area (Å²) in [7, 11) is 1.48. The van der Waals surface area contributed by atoms with Gasteiger partial charge in [0.05, 0.1) is 12.5 Å². The summed E-state index contributed by atoms with van der Waals surface area (Å²) in [4.78, 5) is 0. The fourth-order valence-electron chi connectivity index (χ4n) is 0.227. The standard InChI is InChI=1S/C4H9NO.C4H4O.C2H6S.C2H6/c1-4(2)5(3)6;1-2-4-5-3-1;1-3-2;1-2/h1-3H3;1-4H;1-2H3;1-2H3. The molecule has 0 saturated heterocycles. The maximum Gasteiger partial charge on any atom is 0.157 e. The maximum absolute atomic E-state index is 10.0. The zero-order chi connectivity index (χ0) is 13.4. The normalized spacial score (nSPS) is 6.94. The zero-order valence-corrected chi connectivity index (χ0v) is 12.3. The Morgan fingerprint density at radius 1 is 1.12 bits per heavy atom. The third-order valence-electron chi connectivity index (χ3n) is 1.06. The smallest absolute Gasteiger partial charge is 0.157 e. The second kappa shape index (κ2) is 19.6. The summed E-state index contributed by atoms with van der Waals surface area (Å²) in [6.07, 6.45) is 7.33. The molecule has 0 amide bonds. The molecule has 0 atom stereocenters. The molecule has 0 N–H and O–H groups in total. The minimum atomic E-state index is 0.787. The lowest BCUT2D eigenvalue weighted by atomic mass is 10.5. The molecule has 1 aromatic heterocycles. The van der Waals surface area contributed by atoms with E-state index in [-0.39, 0.29) is 0 Å². The average molecular weight is 247 g/mol. The topological polar surface area (TPSA) is 39.2 Å². The molecule has 0 fully saturated rings. The van der Waals surface area contributed by atoms with Gasteiger partial charge in [-0.3, -0.25) is 0 Å². The Morgan fingerprint density at radius 3 is 1.44 bits per heavy atom. The van der Waals surface area contributed by atoms with E-state index in [1.54, 1.807) is 38.1 Å². The molecule has 16 heavy (non-hydrogen) atoms. The van der Waals surface area contributed by atoms with Crippen molar-refractivity contribution in [1.82, 2.24) is 0 Å². The summed E-state index contributed by atoms with van der Waals surface area (Å²) in [5, 5.41) is 10.0. The van der Waals surface area contributed by atoms with Gasteiger partial charge in [-0.05, 0) is 24.6 Å². The van der Waals surface area contributed by atoms with Crippen LogP contribution in [0.5, 0.6) is 0 Å². The number of hydrogen-bond acceptors (Lipinski definition) is 3. The maximum atomic E-state index is 10.0. The van der Waals surface area contributed by atoms with E-state index in [1.165, 1.54) is 7.05 Å². The highest BCUT2D eigenvalue weighted by Gasteiger charge is 1.79. The number of hydroxylamine groups is 1. The summed E-state index contributed by atoms with van der Waals surface area (Å²) >= 11 is 1.75. The third-order valence-corrected chi connectivity index (χ3v) is 1.06. The van der Waals surface area contributed by atoms with Crippen molar-refractivity contribution in [2.45, 2.75) is 27.7 Å². The average Bonchev–Trinajstić information content (AvgIpc) is 2.80. The van der Waals surface area contributed by atoms with Gasteiger partial charge >= 0.3 is 0 Å². The lowest BCUT2D eigenvalue weighted by Gasteiger charge is -1.93. The van der Waals surface area contributed by atoms with E-state index in [1.807, 2.05) is 38.5 Å². The van der Waals surface area contributed by atoms with Crippen LogP contribution in [0.15, 0.2) is 29.1 Å². The van der Waals surface area contributed by atoms with Gasteiger partial charge in [0.25, 0.3) is 0 Å². The Morgan fingerprint density at radius 2 is 1.38 bits per heavy atom. The molecular weight excluding hydrogens is 222 g/mol. The Balaban J connectivity index is -0.000000153. The fourth-order valence-corrected chi connectivity index (χ4v) is 0.227. The van der Waals surface area contributed by atoms with Crippen molar-refractivity contribution in [3.63, 3.8) is 0 Å². The second-order valence-electron chi connectivity index (χ2n) is 2.65. The SMILES string of the molecule is CC.CC(C)=[N+](C)[O-].CSC.c1ccoc1. The van der Waals surface area contributed by atoms with Gasteiger partial charge in [0.15, 0.2) is 5.71 Å². The first kappa shape index (κ1) is 20.5. The third kappa shape index (κ3) is 29.2. The van der Waals surface area contributed by atoms with Crippen LogP contribution in [0, 0.1) is 5.21 Å². The molecule has 1 heterocycles. The van der Waals surface area contributed by atoms with Crippen molar-refractivity contribution in [3.8, 4) is 0 Å². The van der Waals surface area contributed by atoms with Crippen LogP contribution in [0.25, 0.3) is 0 Å². The number of hydrogen-bond donors (Lipinski definition) is 0. The van der Waals surface area contributed by atoms with Crippen molar-refractivity contribution in [1.29, 1.82) is 0 Å². The van der Waals surface area contributed by atoms with Crippen LogP contribution in [0.3, 0.4) is 0 Å². The van der Waals surface area contributed by atoms with Crippen LogP contribution in [0.2, 0.25) is 0 Å². The van der Waals surface area contributed by atoms with Crippen molar-refractivity contribution in [2.75, 3.05) is 19.6 Å². The van der Waals surface area contributed by atoms with Crippen LogP contribution in [0.1, 0.15) is 27.7 Å². The molecule has 0 bridgehead atoms. The first-order valence-corrected chi connectivity index (χ1v) is 6.77. The van der Waals surface area contributed by atoms with E-state index in [0.717, 1.165) is 10.5 Å². The first-order chi connectivity index (χ1) is 7.56.